The maximum atomic E-state index is 5.90. The Kier molecular flexibility index (Phi) is 6.49. The number of ether oxygens (including phenoxy) is 2. The van der Waals surface area contributed by atoms with Crippen molar-refractivity contribution in [3.05, 3.63) is 29.3 Å². The SMILES string of the molecule is CCOCCN(CCOCC)C1CCc2cc(N)ccc21. The van der Waals surface area contributed by atoms with Gasteiger partial charge in [0.05, 0.1) is 13.2 Å². The zero-order chi connectivity index (χ0) is 15.1. The molecule has 4 nitrogen and oxygen atoms in total. The number of rotatable bonds is 9. The van der Waals surface area contributed by atoms with Crippen molar-refractivity contribution in [1.29, 1.82) is 0 Å². The molecular weight excluding hydrogens is 264 g/mol. The molecule has 1 aromatic rings. The summed E-state index contributed by atoms with van der Waals surface area (Å²) in [6, 6.07) is 6.80. The van der Waals surface area contributed by atoms with Crippen molar-refractivity contribution in [3.63, 3.8) is 0 Å². The van der Waals surface area contributed by atoms with E-state index in [1.54, 1.807) is 0 Å². The minimum atomic E-state index is 0.474. The number of nitrogens with zero attached hydrogens (tertiary/aromatic N) is 1. The lowest BCUT2D eigenvalue weighted by molar-refractivity contribution is 0.0626. The van der Waals surface area contributed by atoms with Gasteiger partial charge >= 0.3 is 0 Å². The lowest BCUT2D eigenvalue weighted by Crippen LogP contribution is -2.34. The number of nitrogen functional groups attached to an aromatic ring is 1. The Labute approximate surface area is 128 Å². The van der Waals surface area contributed by atoms with Gasteiger partial charge < -0.3 is 15.2 Å². The molecule has 2 N–H and O–H groups in total. The van der Waals surface area contributed by atoms with Gasteiger partial charge in [-0.2, -0.15) is 0 Å². The third-order valence-corrected chi connectivity index (χ3v) is 4.11. The van der Waals surface area contributed by atoms with Crippen LogP contribution >= 0.6 is 0 Å². The summed E-state index contributed by atoms with van der Waals surface area (Å²) in [5, 5.41) is 0. The molecule has 0 spiro atoms. The van der Waals surface area contributed by atoms with Gasteiger partial charge in [-0.3, -0.25) is 4.90 Å². The highest BCUT2D eigenvalue weighted by atomic mass is 16.5. The molecule has 1 atom stereocenters. The molecule has 1 unspecified atom stereocenters. The van der Waals surface area contributed by atoms with Gasteiger partial charge in [0.1, 0.15) is 0 Å². The maximum Gasteiger partial charge on any atom is 0.0593 e. The highest BCUT2D eigenvalue weighted by molar-refractivity contribution is 5.47. The van der Waals surface area contributed by atoms with E-state index >= 15 is 0 Å². The largest absolute Gasteiger partial charge is 0.399 e. The van der Waals surface area contributed by atoms with E-state index in [1.807, 2.05) is 19.9 Å². The molecule has 0 saturated carbocycles. The van der Waals surface area contributed by atoms with Crippen LogP contribution in [0.2, 0.25) is 0 Å². The van der Waals surface area contributed by atoms with Crippen LogP contribution in [0, 0.1) is 0 Å². The summed E-state index contributed by atoms with van der Waals surface area (Å²) in [5.41, 5.74) is 9.59. The molecule has 0 bridgehead atoms. The Bertz CT molecular complexity index is 427. The van der Waals surface area contributed by atoms with Crippen molar-refractivity contribution >= 4 is 5.69 Å². The second-order valence-corrected chi connectivity index (χ2v) is 5.44. The molecule has 0 radical (unpaired) electrons. The highest BCUT2D eigenvalue weighted by Crippen LogP contribution is 2.36. The normalized spacial score (nSPS) is 17.4. The topological polar surface area (TPSA) is 47.7 Å². The van der Waals surface area contributed by atoms with Crippen molar-refractivity contribution in [3.8, 4) is 0 Å². The second kappa shape index (κ2) is 8.37. The molecule has 0 aromatic heterocycles. The van der Waals surface area contributed by atoms with Crippen molar-refractivity contribution in [2.45, 2.75) is 32.7 Å². The van der Waals surface area contributed by atoms with E-state index in [4.69, 9.17) is 15.2 Å². The Hall–Kier alpha value is -1.10. The fourth-order valence-electron chi connectivity index (χ4n) is 3.07. The standard InChI is InChI=1S/C17H28N2O2/c1-3-20-11-9-19(10-12-21-4-2)17-8-5-14-13-15(18)6-7-16(14)17/h6-7,13,17H,3-5,8-12,18H2,1-2H3. The van der Waals surface area contributed by atoms with Crippen LogP contribution < -0.4 is 5.73 Å². The van der Waals surface area contributed by atoms with Crippen LogP contribution in [0.5, 0.6) is 0 Å². The van der Waals surface area contributed by atoms with Crippen LogP contribution in [0.15, 0.2) is 18.2 Å². The number of hydrogen-bond acceptors (Lipinski definition) is 4. The van der Waals surface area contributed by atoms with E-state index < -0.39 is 0 Å². The number of nitrogens with two attached hydrogens (primary N) is 1. The predicted octanol–water partition coefficient (Wildman–Crippen LogP) is 2.63. The van der Waals surface area contributed by atoms with Gasteiger partial charge in [0, 0.05) is 38.0 Å². The minimum absolute atomic E-state index is 0.474. The summed E-state index contributed by atoms with van der Waals surface area (Å²) in [4.78, 5) is 2.49. The molecule has 4 heteroatoms. The van der Waals surface area contributed by atoms with Crippen LogP contribution in [0.25, 0.3) is 0 Å². The summed E-state index contributed by atoms with van der Waals surface area (Å²) in [6.45, 7) is 9.10. The molecule has 0 amide bonds. The number of benzene rings is 1. The first-order chi connectivity index (χ1) is 10.3. The quantitative estimate of drug-likeness (QED) is 0.561. The molecule has 118 valence electrons. The van der Waals surface area contributed by atoms with Gasteiger partial charge in [-0.15, -0.1) is 0 Å². The monoisotopic (exact) mass is 292 g/mol. The first kappa shape index (κ1) is 16.3. The number of aryl methyl sites for hydroxylation is 1. The average Bonchev–Trinajstić information content (AvgIpc) is 2.89. The smallest absolute Gasteiger partial charge is 0.0593 e. The van der Waals surface area contributed by atoms with Gasteiger partial charge in [0.2, 0.25) is 0 Å². The third-order valence-electron chi connectivity index (χ3n) is 4.11. The third kappa shape index (κ3) is 4.43. The van der Waals surface area contributed by atoms with Crippen LogP contribution in [0.1, 0.15) is 37.4 Å². The Morgan fingerprint density at radius 2 is 1.81 bits per heavy atom. The van der Waals surface area contributed by atoms with E-state index in [-0.39, 0.29) is 0 Å². The molecule has 0 aliphatic heterocycles. The zero-order valence-corrected chi connectivity index (χ0v) is 13.3. The number of hydrogen-bond donors (Lipinski definition) is 1. The molecule has 0 heterocycles. The molecule has 1 aliphatic carbocycles. The summed E-state index contributed by atoms with van der Waals surface area (Å²) in [5.74, 6) is 0. The minimum Gasteiger partial charge on any atom is -0.399 e. The van der Waals surface area contributed by atoms with E-state index in [1.165, 1.54) is 11.1 Å². The zero-order valence-electron chi connectivity index (χ0n) is 13.3. The molecule has 1 aliphatic rings. The van der Waals surface area contributed by atoms with Crippen LogP contribution in [0.3, 0.4) is 0 Å². The fourth-order valence-corrected chi connectivity index (χ4v) is 3.07. The molecular formula is C17H28N2O2. The lowest BCUT2D eigenvalue weighted by atomic mass is 10.1. The first-order valence-corrected chi connectivity index (χ1v) is 8.04. The highest BCUT2D eigenvalue weighted by Gasteiger charge is 2.27. The molecule has 0 fully saturated rings. The van der Waals surface area contributed by atoms with Gasteiger partial charge in [-0.25, -0.2) is 0 Å². The van der Waals surface area contributed by atoms with Gasteiger partial charge in [-0.1, -0.05) is 6.07 Å². The Balaban J connectivity index is 2.03. The predicted molar refractivity (Wildman–Crippen MR) is 86.5 cm³/mol. The summed E-state index contributed by atoms with van der Waals surface area (Å²) >= 11 is 0. The van der Waals surface area contributed by atoms with Crippen LogP contribution in [0.4, 0.5) is 5.69 Å². The first-order valence-electron chi connectivity index (χ1n) is 8.04. The van der Waals surface area contributed by atoms with E-state index in [0.717, 1.165) is 58.0 Å². The lowest BCUT2D eigenvalue weighted by Gasteiger charge is -2.29. The number of fused-ring (bicyclic) bond motifs is 1. The molecule has 21 heavy (non-hydrogen) atoms. The summed E-state index contributed by atoms with van der Waals surface area (Å²) < 4.78 is 11.1. The Morgan fingerprint density at radius 1 is 1.14 bits per heavy atom. The van der Waals surface area contributed by atoms with Crippen LogP contribution in [-0.2, 0) is 15.9 Å². The van der Waals surface area contributed by atoms with Crippen molar-refractivity contribution in [1.82, 2.24) is 4.90 Å². The maximum absolute atomic E-state index is 5.90. The Morgan fingerprint density at radius 3 is 2.43 bits per heavy atom. The summed E-state index contributed by atoms with van der Waals surface area (Å²) in [7, 11) is 0. The van der Waals surface area contributed by atoms with E-state index in [2.05, 4.69) is 17.0 Å². The molecule has 0 saturated heterocycles. The second-order valence-electron chi connectivity index (χ2n) is 5.44. The van der Waals surface area contributed by atoms with Crippen LogP contribution in [-0.4, -0.2) is 44.4 Å². The van der Waals surface area contributed by atoms with Crippen molar-refractivity contribution in [2.24, 2.45) is 0 Å². The van der Waals surface area contributed by atoms with Gasteiger partial charge in [-0.05, 0) is 49.9 Å². The van der Waals surface area contributed by atoms with Crippen molar-refractivity contribution in [2.75, 3.05) is 45.3 Å². The average molecular weight is 292 g/mol. The molecule has 2 rings (SSSR count). The van der Waals surface area contributed by atoms with Gasteiger partial charge in [0.25, 0.3) is 0 Å². The summed E-state index contributed by atoms with van der Waals surface area (Å²) in [6.07, 6.45) is 2.28. The fraction of sp³-hybridized carbons (Fsp3) is 0.647. The van der Waals surface area contributed by atoms with E-state index in [9.17, 15) is 0 Å². The molecule has 1 aromatic carbocycles. The van der Waals surface area contributed by atoms with Crippen molar-refractivity contribution < 1.29 is 9.47 Å². The number of anilines is 1. The van der Waals surface area contributed by atoms with E-state index in [0.29, 0.717) is 6.04 Å². The van der Waals surface area contributed by atoms with Gasteiger partial charge in [0.15, 0.2) is 0 Å².